The zero-order chi connectivity index (χ0) is 22.4. The van der Waals surface area contributed by atoms with Gasteiger partial charge < -0.3 is 20.3 Å². The summed E-state index contributed by atoms with van der Waals surface area (Å²) in [4.78, 5) is 39.4. The number of nitrogens with zero attached hydrogens (tertiary/aromatic N) is 1. The number of fused-ring (bicyclic) bond motifs is 1. The largest absolute Gasteiger partial charge is 0.482 e. The van der Waals surface area contributed by atoms with Crippen molar-refractivity contribution in [1.82, 2.24) is 4.90 Å². The highest BCUT2D eigenvalue weighted by molar-refractivity contribution is 8.01. The van der Waals surface area contributed by atoms with Crippen molar-refractivity contribution < 1.29 is 19.1 Å². The van der Waals surface area contributed by atoms with Crippen LogP contribution in [-0.4, -0.2) is 47.6 Å². The van der Waals surface area contributed by atoms with Crippen LogP contribution in [0.5, 0.6) is 5.75 Å². The first-order valence-corrected chi connectivity index (χ1v) is 11.2. The summed E-state index contributed by atoms with van der Waals surface area (Å²) >= 11 is 7.62. The van der Waals surface area contributed by atoms with Crippen molar-refractivity contribution in [3.8, 4) is 5.75 Å². The number of hydrogen-bond donors (Lipinski definition) is 2. The van der Waals surface area contributed by atoms with Gasteiger partial charge in [-0.05, 0) is 44.2 Å². The van der Waals surface area contributed by atoms with Crippen LogP contribution in [0.4, 0.5) is 11.4 Å². The number of ether oxygens (including phenoxy) is 1. The number of thioether (sulfide) groups is 1. The minimum atomic E-state index is -0.515. The quantitative estimate of drug-likeness (QED) is 0.619. The third kappa shape index (κ3) is 5.92. The Bertz CT molecular complexity index is 981. The van der Waals surface area contributed by atoms with E-state index in [9.17, 15) is 14.4 Å². The van der Waals surface area contributed by atoms with Gasteiger partial charge in [-0.2, -0.15) is 0 Å². The normalized spacial score (nSPS) is 14.9. The van der Waals surface area contributed by atoms with Crippen LogP contribution in [0.3, 0.4) is 0 Å². The third-order valence-electron chi connectivity index (χ3n) is 4.76. The van der Waals surface area contributed by atoms with E-state index in [1.54, 1.807) is 23.1 Å². The van der Waals surface area contributed by atoms with E-state index in [4.69, 9.17) is 16.3 Å². The number of halogens is 1. The van der Waals surface area contributed by atoms with E-state index in [0.717, 1.165) is 10.6 Å². The minimum Gasteiger partial charge on any atom is -0.482 e. The monoisotopic (exact) mass is 461 g/mol. The van der Waals surface area contributed by atoms with E-state index >= 15 is 0 Å². The van der Waals surface area contributed by atoms with Crippen LogP contribution >= 0.6 is 23.4 Å². The molecule has 2 N–H and O–H groups in total. The highest BCUT2D eigenvalue weighted by Crippen LogP contribution is 2.36. The number of anilines is 2. The summed E-state index contributed by atoms with van der Waals surface area (Å²) in [5.41, 5.74) is 1.25. The summed E-state index contributed by atoms with van der Waals surface area (Å²) in [5.74, 6) is -0.255. The number of nitrogens with one attached hydrogen (secondary N) is 2. The summed E-state index contributed by atoms with van der Waals surface area (Å²) in [6.45, 7) is 4.92. The van der Waals surface area contributed by atoms with Crippen LogP contribution in [0.2, 0.25) is 5.02 Å². The van der Waals surface area contributed by atoms with Gasteiger partial charge >= 0.3 is 0 Å². The number of benzene rings is 2. The Hall–Kier alpha value is -2.71. The molecule has 31 heavy (non-hydrogen) atoms. The van der Waals surface area contributed by atoms with Gasteiger partial charge in [-0.1, -0.05) is 23.7 Å². The molecule has 2 aromatic rings. The summed E-state index contributed by atoms with van der Waals surface area (Å²) in [6.07, 6.45) is 0.0269. The molecule has 9 heteroatoms. The van der Waals surface area contributed by atoms with Gasteiger partial charge in [0.1, 0.15) is 5.75 Å². The first-order valence-electron chi connectivity index (χ1n) is 9.97. The van der Waals surface area contributed by atoms with E-state index < -0.39 is 5.25 Å². The molecule has 1 aliphatic rings. The average molecular weight is 462 g/mol. The highest BCUT2D eigenvalue weighted by Gasteiger charge is 2.28. The zero-order valence-electron chi connectivity index (χ0n) is 17.3. The standard InChI is InChI=1S/C22H24ClN3O4S/c1-3-26(4-2)21(28)13-30-17-10-9-14(11-15(17)23)24-20(27)12-19-22(29)25-16-7-5-6-8-18(16)31-19/h5-11,19H,3-4,12-13H2,1-2H3,(H,24,27)(H,25,29). The molecule has 0 fully saturated rings. The Morgan fingerprint density at radius 2 is 1.94 bits per heavy atom. The molecule has 0 spiro atoms. The van der Waals surface area contributed by atoms with Crippen LogP contribution < -0.4 is 15.4 Å². The summed E-state index contributed by atoms with van der Waals surface area (Å²) in [5, 5.41) is 5.35. The molecule has 3 amide bonds. The maximum Gasteiger partial charge on any atom is 0.260 e. The predicted molar refractivity (Wildman–Crippen MR) is 123 cm³/mol. The molecular formula is C22H24ClN3O4S. The fourth-order valence-electron chi connectivity index (χ4n) is 3.11. The van der Waals surface area contributed by atoms with Gasteiger partial charge in [-0.3, -0.25) is 14.4 Å². The van der Waals surface area contributed by atoms with Crippen molar-refractivity contribution in [3.05, 3.63) is 47.5 Å². The Labute approximate surface area is 190 Å². The molecule has 2 aromatic carbocycles. The van der Waals surface area contributed by atoms with Crippen molar-refractivity contribution in [2.24, 2.45) is 0 Å². The second kappa shape index (κ2) is 10.5. The molecule has 1 unspecified atom stereocenters. The van der Waals surface area contributed by atoms with E-state index in [1.165, 1.54) is 11.8 Å². The fraction of sp³-hybridized carbons (Fsp3) is 0.318. The Morgan fingerprint density at radius 3 is 2.65 bits per heavy atom. The maximum absolute atomic E-state index is 12.5. The van der Waals surface area contributed by atoms with Crippen LogP contribution in [0.25, 0.3) is 0 Å². The lowest BCUT2D eigenvalue weighted by atomic mass is 10.2. The van der Waals surface area contributed by atoms with E-state index in [2.05, 4.69) is 10.6 Å². The number of hydrogen-bond acceptors (Lipinski definition) is 5. The molecule has 164 valence electrons. The van der Waals surface area contributed by atoms with Crippen molar-refractivity contribution in [2.75, 3.05) is 30.3 Å². The average Bonchev–Trinajstić information content (AvgIpc) is 2.74. The van der Waals surface area contributed by atoms with E-state index in [1.807, 2.05) is 38.1 Å². The fourth-order valence-corrected chi connectivity index (χ4v) is 4.46. The van der Waals surface area contributed by atoms with Crippen LogP contribution in [0.1, 0.15) is 20.3 Å². The number of amides is 3. The lowest BCUT2D eigenvalue weighted by Gasteiger charge is -2.23. The lowest BCUT2D eigenvalue weighted by Crippen LogP contribution is -2.34. The minimum absolute atomic E-state index is 0.0269. The Kier molecular flexibility index (Phi) is 7.81. The molecule has 3 rings (SSSR count). The summed E-state index contributed by atoms with van der Waals surface area (Å²) in [7, 11) is 0. The predicted octanol–water partition coefficient (Wildman–Crippen LogP) is 4.03. The van der Waals surface area contributed by atoms with Crippen LogP contribution in [-0.2, 0) is 14.4 Å². The summed E-state index contributed by atoms with van der Waals surface area (Å²) in [6, 6.07) is 12.3. The van der Waals surface area contributed by atoms with Gasteiger partial charge in [0.15, 0.2) is 6.61 Å². The van der Waals surface area contributed by atoms with Gasteiger partial charge in [-0.25, -0.2) is 0 Å². The number of para-hydroxylation sites is 1. The number of likely N-dealkylation sites (N-methyl/N-ethyl adjacent to an activating group) is 1. The zero-order valence-corrected chi connectivity index (χ0v) is 18.9. The Morgan fingerprint density at radius 1 is 1.19 bits per heavy atom. The number of rotatable bonds is 8. The molecule has 1 atom stereocenters. The number of carbonyl (C=O) groups is 3. The van der Waals surface area contributed by atoms with E-state index in [0.29, 0.717) is 24.5 Å². The SMILES string of the molecule is CCN(CC)C(=O)COc1ccc(NC(=O)CC2Sc3ccccc3NC2=O)cc1Cl. The molecule has 0 aromatic heterocycles. The van der Waals surface area contributed by atoms with Gasteiger partial charge in [0.2, 0.25) is 11.8 Å². The highest BCUT2D eigenvalue weighted by atomic mass is 35.5. The second-order valence-electron chi connectivity index (χ2n) is 6.84. The molecule has 7 nitrogen and oxygen atoms in total. The van der Waals surface area contributed by atoms with Crippen molar-refractivity contribution in [3.63, 3.8) is 0 Å². The van der Waals surface area contributed by atoms with Gasteiger partial charge in [0.05, 0.1) is 16.0 Å². The molecular weight excluding hydrogens is 438 g/mol. The molecule has 1 heterocycles. The second-order valence-corrected chi connectivity index (χ2v) is 8.50. The molecule has 0 radical (unpaired) electrons. The molecule has 0 saturated heterocycles. The molecule has 0 saturated carbocycles. The van der Waals surface area contributed by atoms with Crippen molar-refractivity contribution in [2.45, 2.75) is 30.4 Å². The third-order valence-corrected chi connectivity index (χ3v) is 6.33. The maximum atomic E-state index is 12.5. The summed E-state index contributed by atoms with van der Waals surface area (Å²) < 4.78 is 5.52. The first-order chi connectivity index (χ1) is 14.9. The molecule has 1 aliphatic heterocycles. The van der Waals surface area contributed by atoms with Crippen LogP contribution in [0, 0.1) is 0 Å². The van der Waals surface area contributed by atoms with Crippen molar-refractivity contribution >= 4 is 52.5 Å². The lowest BCUT2D eigenvalue weighted by molar-refractivity contribution is -0.133. The van der Waals surface area contributed by atoms with E-state index in [-0.39, 0.29) is 35.8 Å². The van der Waals surface area contributed by atoms with Gasteiger partial charge in [0.25, 0.3) is 5.91 Å². The number of carbonyl (C=O) groups excluding carboxylic acids is 3. The smallest absolute Gasteiger partial charge is 0.260 e. The molecule has 0 bridgehead atoms. The molecule has 0 aliphatic carbocycles. The van der Waals surface area contributed by atoms with Crippen LogP contribution in [0.15, 0.2) is 47.4 Å². The van der Waals surface area contributed by atoms with Crippen molar-refractivity contribution in [1.29, 1.82) is 0 Å². The van der Waals surface area contributed by atoms with Gasteiger partial charge in [-0.15, -0.1) is 11.8 Å². The topological polar surface area (TPSA) is 87.7 Å². The Balaban J connectivity index is 1.55. The van der Waals surface area contributed by atoms with Gasteiger partial charge in [0, 0.05) is 30.1 Å². The first kappa shape index (κ1) is 23.0.